The van der Waals surface area contributed by atoms with Crippen LogP contribution in [-0.2, 0) is 14.8 Å². The number of carbonyl (C=O) groups is 1. The number of nitrogens with one attached hydrogen (secondary N) is 1. The molecule has 1 N–H and O–H groups in total. The van der Waals surface area contributed by atoms with Gasteiger partial charge in [-0.25, -0.2) is 8.42 Å². The molecule has 2 aromatic rings. The zero-order valence-corrected chi connectivity index (χ0v) is 18.2. The Balaban J connectivity index is 1.27. The SMILES string of the molecule is Cc1ccc(S(=O)(=O)N2CCC(NC(=O)/C=C/c3ccc(C4CC4C)o3)CC2)cc1. The number of aryl methyl sites for hydroxylation is 1. The van der Waals surface area contributed by atoms with Gasteiger partial charge in [0.2, 0.25) is 15.9 Å². The average molecular weight is 429 g/mol. The van der Waals surface area contributed by atoms with Crippen LogP contribution in [0.1, 0.15) is 49.2 Å². The summed E-state index contributed by atoms with van der Waals surface area (Å²) in [6, 6.07) is 10.7. The maximum absolute atomic E-state index is 12.8. The molecular weight excluding hydrogens is 400 g/mol. The summed E-state index contributed by atoms with van der Waals surface area (Å²) in [5.74, 6) is 2.68. The second-order valence-corrected chi connectivity index (χ2v) is 10.3. The standard InChI is InChI=1S/C23H28N2O4S/c1-16-3-7-20(8-4-16)30(27,28)25-13-11-18(12-14-25)24-23(26)10-6-19-5-9-22(29-19)21-15-17(21)2/h3-10,17-18,21H,11-15H2,1-2H3,(H,24,26)/b10-6+. The van der Waals surface area contributed by atoms with Crippen LogP contribution in [0.15, 0.2) is 51.8 Å². The Hall–Kier alpha value is -2.38. The topological polar surface area (TPSA) is 79.6 Å². The molecule has 1 aliphatic carbocycles. The molecule has 6 nitrogen and oxygen atoms in total. The van der Waals surface area contributed by atoms with Crippen molar-refractivity contribution in [3.05, 3.63) is 59.6 Å². The first-order valence-electron chi connectivity index (χ1n) is 10.5. The largest absolute Gasteiger partial charge is 0.461 e. The van der Waals surface area contributed by atoms with E-state index in [9.17, 15) is 13.2 Å². The fourth-order valence-electron chi connectivity index (χ4n) is 3.88. The average Bonchev–Trinajstić information content (AvgIpc) is 3.27. The van der Waals surface area contributed by atoms with Gasteiger partial charge in [-0.15, -0.1) is 0 Å². The van der Waals surface area contributed by atoms with Crippen LogP contribution >= 0.6 is 0 Å². The monoisotopic (exact) mass is 428 g/mol. The molecule has 0 spiro atoms. The maximum atomic E-state index is 12.8. The van der Waals surface area contributed by atoms with E-state index >= 15 is 0 Å². The third kappa shape index (κ3) is 4.68. The molecule has 0 bridgehead atoms. The van der Waals surface area contributed by atoms with E-state index in [0.717, 1.165) is 17.7 Å². The lowest BCUT2D eigenvalue weighted by Gasteiger charge is -2.31. The molecule has 7 heteroatoms. The van der Waals surface area contributed by atoms with E-state index in [0.29, 0.717) is 48.4 Å². The zero-order chi connectivity index (χ0) is 21.3. The highest BCUT2D eigenvalue weighted by atomic mass is 32.2. The van der Waals surface area contributed by atoms with Gasteiger partial charge in [-0.2, -0.15) is 4.31 Å². The van der Waals surface area contributed by atoms with Crippen molar-refractivity contribution in [2.24, 2.45) is 5.92 Å². The summed E-state index contributed by atoms with van der Waals surface area (Å²) in [6.07, 6.45) is 5.51. The predicted molar refractivity (Wildman–Crippen MR) is 115 cm³/mol. The van der Waals surface area contributed by atoms with Gasteiger partial charge in [-0.3, -0.25) is 4.79 Å². The highest BCUT2D eigenvalue weighted by Gasteiger charge is 2.36. The molecule has 1 saturated carbocycles. The Morgan fingerprint density at radius 3 is 2.43 bits per heavy atom. The molecule has 2 heterocycles. The number of piperidine rings is 1. The van der Waals surface area contributed by atoms with Gasteiger partial charge in [-0.05, 0) is 62.4 Å². The minimum Gasteiger partial charge on any atom is -0.461 e. The van der Waals surface area contributed by atoms with Crippen LogP contribution < -0.4 is 5.32 Å². The van der Waals surface area contributed by atoms with Crippen molar-refractivity contribution in [3.63, 3.8) is 0 Å². The quantitative estimate of drug-likeness (QED) is 0.712. The Kier molecular flexibility index (Phi) is 5.84. The van der Waals surface area contributed by atoms with Crippen molar-refractivity contribution in [3.8, 4) is 0 Å². The summed E-state index contributed by atoms with van der Waals surface area (Å²) in [7, 11) is -3.49. The molecule has 1 aromatic heterocycles. The summed E-state index contributed by atoms with van der Waals surface area (Å²) in [4.78, 5) is 12.6. The van der Waals surface area contributed by atoms with Gasteiger partial charge in [0.15, 0.2) is 0 Å². The van der Waals surface area contributed by atoms with E-state index in [1.165, 1.54) is 10.4 Å². The van der Waals surface area contributed by atoms with Gasteiger partial charge in [0, 0.05) is 31.1 Å². The molecule has 2 atom stereocenters. The summed E-state index contributed by atoms with van der Waals surface area (Å²) in [5, 5.41) is 2.97. The number of carbonyl (C=O) groups excluding carboxylic acids is 1. The normalized spacial score (nSPS) is 23.0. The molecule has 2 fully saturated rings. The fraction of sp³-hybridized carbons (Fsp3) is 0.435. The van der Waals surface area contributed by atoms with Crippen LogP contribution in [0.2, 0.25) is 0 Å². The van der Waals surface area contributed by atoms with Gasteiger partial charge in [0.05, 0.1) is 4.90 Å². The third-order valence-electron chi connectivity index (χ3n) is 5.98. The summed E-state index contributed by atoms with van der Waals surface area (Å²) in [5.41, 5.74) is 1.02. The van der Waals surface area contributed by atoms with Gasteiger partial charge in [0.25, 0.3) is 0 Å². The van der Waals surface area contributed by atoms with Gasteiger partial charge in [0.1, 0.15) is 11.5 Å². The van der Waals surface area contributed by atoms with Crippen molar-refractivity contribution in [2.45, 2.75) is 50.0 Å². The molecule has 2 aliphatic rings. The highest BCUT2D eigenvalue weighted by molar-refractivity contribution is 7.89. The van der Waals surface area contributed by atoms with E-state index in [4.69, 9.17) is 4.42 Å². The van der Waals surface area contributed by atoms with Crippen molar-refractivity contribution < 1.29 is 17.6 Å². The molecule has 1 amide bonds. The van der Waals surface area contributed by atoms with Gasteiger partial charge in [-0.1, -0.05) is 24.6 Å². The smallest absolute Gasteiger partial charge is 0.244 e. The van der Waals surface area contributed by atoms with E-state index < -0.39 is 10.0 Å². The van der Waals surface area contributed by atoms with Crippen LogP contribution in [0.4, 0.5) is 0 Å². The lowest BCUT2D eigenvalue weighted by atomic mass is 10.1. The van der Waals surface area contributed by atoms with Crippen molar-refractivity contribution in [1.82, 2.24) is 9.62 Å². The molecule has 160 valence electrons. The van der Waals surface area contributed by atoms with Crippen LogP contribution in [0.25, 0.3) is 6.08 Å². The number of rotatable bonds is 6. The number of benzene rings is 1. The number of hydrogen-bond donors (Lipinski definition) is 1. The molecule has 4 rings (SSSR count). The van der Waals surface area contributed by atoms with Crippen molar-refractivity contribution >= 4 is 22.0 Å². The molecule has 2 unspecified atom stereocenters. The van der Waals surface area contributed by atoms with E-state index in [1.54, 1.807) is 30.3 Å². The Morgan fingerprint density at radius 2 is 1.80 bits per heavy atom. The second kappa shape index (κ2) is 8.40. The first-order valence-corrected chi connectivity index (χ1v) is 11.9. The fourth-order valence-corrected chi connectivity index (χ4v) is 5.35. The molecule has 1 aliphatic heterocycles. The number of furan rings is 1. The number of nitrogens with zero attached hydrogens (tertiary/aromatic N) is 1. The lowest BCUT2D eigenvalue weighted by molar-refractivity contribution is -0.117. The van der Waals surface area contributed by atoms with E-state index in [-0.39, 0.29) is 11.9 Å². The first kappa shape index (κ1) is 20.9. The van der Waals surface area contributed by atoms with Gasteiger partial charge >= 0.3 is 0 Å². The Bertz CT molecular complexity index is 1030. The van der Waals surface area contributed by atoms with Crippen molar-refractivity contribution in [1.29, 1.82) is 0 Å². The molecule has 1 aromatic carbocycles. The predicted octanol–water partition coefficient (Wildman–Crippen LogP) is 3.69. The number of sulfonamides is 1. The van der Waals surface area contributed by atoms with Crippen LogP contribution in [0, 0.1) is 12.8 Å². The molecule has 30 heavy (non-hydrogen) atoms. The third-order valence-corrected chi connectivity index (χ3v) is 7.89. The van der Waals surface area contributed by atoms with Gasteiger partial charge < -0.3 is 9.73 Å². The zero-order valence-electron chi connectivity index (χ0n) is 17.4. The molecular formula is C23H28N2O4S. The summed E-state index contributed by atoms with van der Waals surface area (Å²) in [6.45, 7) is 4.92. The van der Waals surface area contributed by atoms with Crippen LogP contribution in [-0.4, -0.2) is 37.8 Å². The van der Waals surface area contributed by atoms with Crippen LogP contribution in [0.3, 0.4) is 0 Å². The summed E-state index contributed by atoms with van der Waals surface area (Å²) >= 11 is 0. The molecule has 0 radical (unpaired) electrons. The second-order valence-electron chi connectivity index (χ2n) is 8.39. The minimum atomic E-state index is -3.49. The maximum Gasteiger partial charge on any atom is 0.244 e. The summed E-state index contributed by atoms with van der Waals surface area (Å²) < 4.78 is 32.8. The Labute approximate surface area is 178 Å². The van der Waals surface area contributed by atoms with Crippen molar-refractivity contribution in [2.75, 3.05) is 13.1 Å². The number of hydrogen-bond acceptors (Lipinski definition) is 4. The van der Waals surface area contributed by atoms with Crippen LogP contribution in [0.5, 0.6) is 0 Å². The Morgan fingerprint density at radius 1 is 1.13 bits per heavy atom. The highest BCUT2D eigenvalue weighted by Crippen LogP contribution is 2.47. The van der Waals surface area contributed by atoms with E-state index in [1.807, 2.05) is 19.1 Å². The molecule has 1 saturated heterocycles. The first-order chi connectivity index (χ1) is 14.3. The number of amides is 1. The minimum absolute atomic E-state index is 0.0360. The van der Waals surface area contributed by atoms with E-state index in [2.05, 4.69) is 12.2 Å². The lowest BCUT2D eigenvalue weighted by Crippen LogP contribution is -2.46.